The predicted molar refractivity (Wildman–Crippen MR) is 293 cm³/mol. The van der Waals surface area contributed by atoms with Gasteiger partial charge in [-0.2, -0.15) is 0 Å². The number of hydrogen-bond acceptors (Lipinski definition) is 14. The molecule has 6 amide bonds. The zero-order valence-electron chi connectivity index (χ0n) is 47.2. The number of nitrogens with two attached hydrogens (primary N) is 2. The van der Waals surface area contributed by atoms with Crippen molar-refractivity contribution in [1.82, 2.24) is 31.9 Å². The van der Waals surface area contributed by atoms with Crippen molar-refractivity contribution in [2.45, 2.75) is 199 Å². The van der Waals surface area contributed by atoms with Crippen LogP contribution in [0.3, 0.4) is 0 Å². The van der Waals surface area contributed by atoms with Gasteiger partial charge in [0.05, 0.1) is 24.3 Å². The Morgan fingerprint density at radius 3 is 1.88 bits per heavy atom. The zero-order valence-corrected chi connectivity index (χ0v) is 47.2. The molecule has 21 nitrogen and oxygen atoms in total. The molecule has 2 bridgehead atoms. The molecule has 6 rings (SSSR count). The molecule has 3 aliphatic carbocycles. The second-order valence-electron chi connectivity index (χ2n) is 23.8. The number of benzene rings is 2. The number of alkyl carbamates (subject to hydrolysis) is 2. The third kappa shape index (κ3) is 18.0. The third-order valence-electron chi connectivity index (χ3n) is 14.9. The van der Waals surface area contributed by atoms with Gasteiger partial charge in [-0.1, -0.05) is 63.6 Å². The minimum absolute atomic E-state index is 0.0756. The molecule has 2 aromatic carbocycles. The first-order valence-electron chi connectivity index (χ1n) is 27.4. The normalized spacial score (nSPS) is 21.2. The van der Waals surface area contributed by atoms with Crippen LogP contribution in [-0.4, -0.2) is 126 Å². The van der Waals surface area contributed by atoms with Crippen molar-refractivity contribution < 1.29 is 62.2 Å². The molecule has 0 aromatic heterocycles. The SMILES string of the molecule is CCCCc1ccc(-c2ccc(C(=O)N[C@@H](CNC(=O)OC(C)(C)C)C(=O)N[C@@H](CCCC(=O)O)C(=O)N[C@@H](N)C(=O)N[C@@H](CCCCNC(=O)OC(C)(C)C)C(=O)C[C@@H](N)B3OC4C[C@@H]5C[C@@H](C5(C)C)[C@]4(C)O3)cc2)cc1. The number of aliphatic carboxylic acids is 1. The molecule has 22 heteroatoms. The van der Waals surface area contributed by atoms with Gasteiger partial charge in [-0.3, -0.25) is 28.8 Å². The van der Waals surface area contributed by atoms with E-state index in [1.807, 2.05) is 19.1 Å². The summed E-state index contributed by atoms with van der Waals surface area (Å²) in [4.78, 5) is 106. The summed E-state index contributed by atoms with van der Waals surface area (Å²) in [6.45, 7) is 18.5. The summed E-state index contributed by atoms with van der Waals surface area (Å²) in [5.74, 6) is -5.36. The summed E-state index contributed by atoms with van der Waals surface area (Å²) < 4.78 is 23.5. The Morgan fingerprint density at radius 1 is 0.718 bits per heavy atom. The number of Topliss-reactive ketones (excluding diaryl/α,β-unsaturated/α-hetero) is 1. The van der Waals surface area contributed by atoms with E-state index in [1.54, 1.807) is 65.8 Å². The molecule has 11 N–H and O–H groups in total. The highest BCUT2D eigenvalue weighted by Gasteiger charge is 2.68. The van der Waals surface area contributed by atoms with Crippen LogP contribution in [0, 0.1) is 17.3 Å². The lowest BCUT2D eigenvalue weighted by Gasteiger charge is -2.64. The number of unbranched alkanes of at least 4 members (excludes halogenated alkanes) is 2. The molecule has 3 saturated carbocycles. The van der Waals surface area contributed by atoms with E-state index in [0.29, 0.717) is 18.8 Å². The van der Waals surface area contributed by atoms with Crippen LogP contribution in [0.5, 0.6) is 0 Å². The van der Waals surface area contributed by atoms with Crippen LogP contribution in [0.1, 0.15) is 156 Å². The molecule has 2 aromatic rings. The van der Waals surface area contributed by atoms with Gasteiger partial charge in [-0.15, -0.1) is 0 Å². The number of carboxylic acid groups (broad SMARTS) is 1. The van der Waals surface area contributed by atoms with Gasteiger partial charge in [0, 0.05) is 30.9 Å². The van der Waals surface area contributed by atoms with E-state index in [-0.39, 0.29) is 61.6 Å². The van der Waals surface area contributed by atoms with Gasteiger partial charge in [0.2, 0.25) is 11.8 Å². The minimum Gasteiger partial charge on any atom is -0.481 e. The lowest BCUT2D eigenvalue weighted by atomic mass is 9.43. The Kier molecular flexibility index (Phi) is 21.9. The van der Waals surface area contributed by atoms with Crippen molar-refractivity contribution in [2.75, 3.05) is 13.1 Å². The quantitative estimate of drug-likeness (QED) is 0.0316. The van der Waals surface area contributed by atoms with E-state index in [4.69, 9.17) is 30.2 Å². The van der Waals surface area contributed by atoms with Crippen LogP contribution in [0.15, 0.2) is 48.5 Å². The number of carbonyl (C=O) groups excluding carboxylic acids is 7. The average molecular weight is 1090 g/mol. The fourth-order valence-electron chi connectivity index (χ4n) is 10.4. The molecule has 430 valence electrons. The molecule has 1 unspecified atom stereocenters. The van der Waals surface area contributed by atoms with Crippen molar-refractivity contribution >= 4 is 54.7 Å². The summed E-state index contributed by atoms with van der Waals surface area (Å²) in [7, 11) is -0.875. The number of carboxylic acids is 1. The molecular weight excluding hydrogens is 1000 g/mol. The third-order valence-corrected chi connectivity index (χ3v) is 14.9. The van der Waals surface area contributed by atoms with Gasteiger partial charge in [0.1, 0.15) is 23.3 Å². The van der Waals surface area contributed by atoms with E-state index in [9.17, 15) is 43.5 Å². The average Bonchev–Trinajstić information content (AvgIpc) is 3.93. The highest BCUT2D eigenvalue weighted by Crippen LogP contribution is 2.65. The molecule has 0 radical (unpaired) electrons. The predicted octanol–water partition coefficient (Wildman–Crippen LogP) is 5.19. The van der Waals surface area contributed by atoms with Crippen molar-refractivity contribution in [1.29, 1.82) is 0 Å². The van der Waals surface area contributed by atoms with Crippen LogP contribution in [0.4, 0.5) is 9.59 Å². The van der Waals surface area contributed by atoms with E-state index in [2.05, 4.69) is 64.8 Å². The standard InChI is InChI=1S/C56H85BN8O13/c1-11-12-16-33-20-22-34(23-21-33)35-24-26-36(27-25-35)47(69)64-40(32-61-52(74)76-54(5,6)7)49(71)63-39(18-15-19-45(67)68)48(70)65-46(59)50(72)62-38(17-13-14-28-60-51(73)75-53(2,3)4)41(66)31-44(58)57-77-43-30-37-29-42(55(37,8)9)56(43,10)78-57/h20-27,37-40,42-44,46H,11-19,28-32,58-59H2,1-10H3,(H,60,73)(H,61,74)(H,62,72)(H,63,71)(H,64,69)(H,65,70)(H,67,68)/t37-,38-,39-,40-,42-,43?,44+,46+,56-/m0/s1. The maximum absolute atomic E-state index is 14.1. The molecule has 9 atom stereocenters. The molecule has 0 spiro atoms. The monoisotopic (exact) mass is 1090 g/mol. The lowest BCUT2D eigenvalue weighted by Crippen LogP contribution is -2.65. The van der Waals surface area contributed by atoms with Gasteiger partial charge in [-0.05, 0) is 152 Å². The van der Waals surface area contributed by atoms with Crippen molar-refractivity contribution in [2.24, 2.45) is 28.7 Å². The maximum Gasteiger partial charge on any atom is 0.476 e. The van der Waals surface area contributed by atoms with Crippen molar-refractivity contribution in [3.63, 3.8) is 0 Å². The highest BCUT2D eigenvalue weighted by molar-refractivity contribution is 6.48. The van der Waals surface area contributed by atoms with Crippen LogP contribution >= 0.6 is 0 Å². The van der Waals surface area contributed by atoms with Gasteiger partial charge in [0.15, 0.2) is 11.9 Å². The Morgan fingerprint density at radius 2 is 1.29 bits per heavy atom. The van der Waals surface area contributed by atoms with Gasteiger partial charge < -0.3 is 67.3 Å². The molecule has 1 aliphatic heterocycles. The van der Waals surface area contributed by atoms with E-state index >= 15 is 0 Å². The molecule has 4 aliphatic rings. The number of amides is 6. The number of rotatable bonds is 27. The Balaban J connectivity index is 1.27. The number of ketones is 1. The summed E-state index contributed by atoms with van der Waals surface area (Å²) in [6.07, 6.45) is 1.33. The number of ether oxygens (including phenoxy) is 2. The van der Waals surface area contributed by atoms with Gasteiger partial charge in [0.25, 0.3) is 11.8 Å². The highest BCUT2D eigenvalue weighted by atomic mass is 16.7. The minimum atomic E-state index is -1.79. The number of hydrogen-bond donors (Lipinski definition) is 9. The van der Waals surface area contributed by atoms with Gasteiger partial charge in [-0.25, -0.2) is 9.59 Å². The molecule has 1 heterocycles. The second-order valence-corrected chi connectivity index (χ2v) is 23.8. The van der Waals surface area contributed by atoms with Crippen LogP contribution in [-0.2, 0) is 49.2 Å². The fourth-order valence-corrected chi connectivity index (χ4v) is 10.4. The Labute approximate surface area is 459 Å². The molecular formula is C56H85BN8O13. The molecule has 4 fully saturated rings. The number of aryl methyl sites for hydroxylation is 1. The zero-order chi connectivity index (χ0) is 57.8. The van der Waals surface area contributed by atoms with E-state index in [0.717, 1.165) is 43.2 Å². The second kappa shape index (κ2) is 27.2. The summed E-state index contributed by atoms with van der Waals surface area (Å²) in [5, 5.41) is 24.8. The summed E-state index contributed by atoms with van der Waals surface area (Å²) in [6, 6.07) is 10.7. The lowest BCUT2D eigenvalue weighted by molar-refractivity contribution is -0.199. The first kappa shape index (κ1) is 62.7. The first-order valence-corrected chi connectivity index (χ1v) is 27.4. The smallest absolute Gasteiger partial charge is 0.476 e. The molecule has 78 heavy (non-hydrogen) atoms. The van der Waals surface area contributed by atoms with E-state index < -0.39 is 108 Å². The molecule has 1 saturated heterocycles. The van der Waals surface area contributed by atoms with Gasteiger partial charge >= 0.3 is 25.3 Å². The van der Waals surface area contributed by atoms with Crippen LogP contribution in [0.25, 0.3) is 11.1 Å². The van der Waals surface area contributed by atoms with Crippen molar-refractivity contribution in [3.05, 3.63) is 59.7 Å². The maximum atomic E-state index is 14.1. The van der Waals surface area contributed by atoms with E-state index in [1.165, 1.54) is 5.56 Å². The summed E-state index contributed by atoms with van der Waals surface area (Å²) in [5.41, 5.74) is 14.0. The first-order chi connectivity index (χ1) is 36.5. The fraction of sp³-hybridized carbons (Fsp3) is 0.643. The largest absolute Gasteiger partial charge is 0.481 e. The Bertz CT molecular complexity index is 2430. The summed E-state index contributed by atoms with van der Waals surface area (Å²) >= 11 is 0. The van der Waals surface area contributed by atoms with Crippen LogP contribution < -0.4 is 43.4 Å². The number of carbonyl (C=O) groups is 8. The van der Waals surface area contributed by atoms with Crippen LogP contribution in [0.2, 0.25) is 0 Å². The topological polar surface area (TPSA) is 318 Å². The Hall–Kier alpha value is -6.10. The van der Waals surface area contributed by atoms with Crippen molar-refractivity contribution in [3.8, 4) is 11.1 Å². The number of nitrogens with one attached hydrogen (secondary N) is 6.